The largest absolute Gasteiger partial charge is 0.390 e. The molecule has 1 fully saturated rings. The molecule has 0 aromatic heterocycles. The first-order valence-corrected chi connectivity index (χ1v) is 6.17. The minimum absolute atomic E-state index is 0.0353. The molecular formula is C13H24O2. The highest BCUT2D eigenvalue weighted by molar-refractivity contribution is 5.78. The van der Waals surface area contributed by atoms with Crippen LogP contribution in [0.4, 0.5) is 0 Å². The van der Waals surface area contributed by atoms with Gasteiger partial charge in [0.2, 0.25) is 0 Å². The molecule has 1 unspecified atom stereocenters. The van der Waals surface area contributed by atoms with Crippen molar-refractivity contribution < 1.29 is 9.90 Å². The van der Waals surface area contributed by atoms with E-state index in [9.17, 15) is 9.90 Å². The highest BCUT2D eigenvalue weighted by atomic mass is 16.3. The lowest BCUT2D eigenvalue weighted by molar-refractivity contribution is -0.125. The topological polar surface area (TPSA) is 37.3 Å². The maximum atomic E-state index is 11.5. The SMILES string of the molecule is CC(=O)C(CC1(O)CCCCC1)C(C)C. The zero-order valence-corrected chi connectivity index (χ0v) is 10.3. The van der Waals surface area contributed by atoms with Crippen molar-refractivity contribution in [3.8, 4) is 0 Å². The third-order valence-corrected chi connectivity index (χ3v) is 3.71. The summed E-state index contributed by atoms with van der Waals surface area (Å²) in [6.07, 6.45) is 5.88. The van der Waals surface area contributed by atoms with Crippen molar-refractivity contribution in [2.45, 2.75) is 64.9 Å². The molecule has 1 N–H and O–H groups in total. The fourth-order valence-corrected chi connectivity index (χ4v) is 2.67. The molecule has 0 aliphatic heterocycles. The predicted molar refractivity (Wildman–Crippen MR) is 61.7 cm³/mol. The Balaban J connectivity index is 2.59. The van der Waals surface area contributed by atoms with E-state index in [1.54, 1.807) is 6.92 Å². The molecule has 0 spiro atoms. The van der Waals surface area contributed by atoms with E-state index in [1.807, 2.05) is 0 Å². The van der Waals surface area contributed by atoms with Crippen molar-refractivity contribution >= 4 is 5.78 Å². The molecular weight excluding hydrogens is 188 g/mol. The molecule has 0 bridgehead atoms. The van der Waals surface area contributed by atoms with Gasteiger partial charge in [-0.25, -0.2) is 0 Å². The van der Waals surface area contributed by atoms with E-state index in [1.165, 1.54) is 6.42 Å². The Morgan fingerprint density at radius 3 is 2.20 bits per heavy atom. The molecule has 0 aromatic rings. The van der Waals surface area contributed by atoms with E-state index in [2.05, 4.69) is 13.8 Å². The zero-order valence-electron chi connectivity index (χ0n) is 10.3. The minimum Gasteiger partial charge on any atom is -0.390 e. The number of rotatable bonds is 4. The van der Waals surface area contributed by atoms with Crippen LogP contribution < -0.4 is 0 Å². The lowest BCUT2D eigenvalue weighted by atomic mass is 9.75. The molecule has 88 valence electrons. The molecule has 1 aliphatic rings. The molecule has 0 aromatic carbocycles. The minimum atomic E-state index is -0.557. The summed E-state index contributed by atoms with van der Waals surface area (Å²) in [5.41, 5.74) is -0.557. The molecule has 1 rings (SSSR count). The van der Waals surface area contributed by atoms with Crippen molar-refractivity contribution in [1.82, 2.24) is 0 Å². The molecule has 2 nitrogen and oxygen atoms in total. The summed E-state index contributed by atoms with van der Waals surface area (Å²) in [6.45, 7) is 5.79. The van der Waals surface area contributed by atoms with E-state index in [4.69, 9.17) is 0 Å². The average molecular weight is 212 g/mol. The summed E-state index contributed by atoms with van der Waals surface area (Å²) in [5.74, 6) is 0.602. The normalized spacial score (nSPS) is 22.7. The zero-order chi connectivity index (χ0) is 11.5. The lowest BCUT2D eigenvalue weighted by Crippen LogP contribution is -2.37. The maximum Gasteiger partial charge on any atom is 0.133 e. The molecule has 0 radical (unpaired) electrons. The van der Waals surface area contributed by atoms with Gasteiger partial charge in [0.25, 0.3) is 0 Å². The van der Waals surface area contributed by atoms with Gasteiger partial charge in [-0.3, -0.25) is 4.79 Å². The fraction of sp³-hybridized carbons (Fsp3) is 0.923. The number of hydrogen-bond donors (Lipinski definition) is 1. The number of carbonyl (C=O) groups is 1. The van der Waals surface area contributed by atoms with Crippen molar-refractivity contribution in [3.63, 3.8) is 0 Å². The van der Waals surface area contributed by atoms with Gasteiger partial charge in [0.1, 0.15) is 5.78 Å². The summed E-state index contributed by atoms with van der Waals surface area (Å²) in [5, 5.41) is 10.4. The van der Waals surface area contributed by atoms with Crippen LogP contribution >= 0.6 is 0 Å². The summed E-state index contributed by atoms with van der Waals surface area (Å²) in [7, 11) is 0. The van der Waals surface area contributed by atoms with Crippen LogP contribution in [0.1, 0.15) is 59.3 Å². The van der Waals surface area contributed by atoms with Gasteiger partial charge in [-0.05, 0) is 32.1 Å². The lowest BCUT2D eigenvalue weighted by Gasteiger charge is -2.35. The monoisotopic (exact) mass is 212 g/mol. The first-order chi connectivity index (χ1) is 6.94. The van der Waals surface area contributed by atoms with Gasteiger partial charge in [0, 0.05) is 5.92 Å². The summed E-state index contributed by atoms with van der Waals surface area (Å²) in [4.78, 5) is 11.5. The van der Waals surface area contributed by atoms with Crippen molar-refractivity contribution in [2.24, 2.45) is 11.8 Å². The molecule has 1 saturated carbocycles. The van der Waals surface area contributed by atoms with Gasteiger partial charge in [-0.15, -0.1) is 0 Å². The smallest absolute Gasteiger partial charge is 0.133 e. The number of aliphatic hydroxyl groups is 1. The molecule has 0 amide bonds. The Kier molecular flexibility index (Phi) is 4.32. The number of ketones is 1. The summed E-state index contributed by atoms with van der Waals surface area (Å²) >= 11 is 0. The van der Waals surface area contributed by atoms with Crippen molar-refractivity contribution in [3.05, 3.63) is 0 Å². The van der Waals surface area contributed by atoms with Gasteiger partial charge in [-0.2, -0.15) is 0 Å². The predicted octanol–water partition coefficient (Wildman–Crippen LogP) is 2.93. The van der Waals surface area contributed by atoms with Crippen LogP contribution in [0, 0.1) is 11.8 Å². The maximum absolute atomic E-state index is 11.5. The summed E-state index contributed by atoms with van der Waals surface area (Å²) < 4.78 is 0. The van der Waals surface area contributed by atoms with Gasteiger partial charge < -0.3 is 5.11 Å². The standard InChI is InChI=1S/C13H24O2/c1-10(2)12(11(3)14)9-13(15)7-5-4-6-8-13/h10,12,15H,4-9H2,1-3H3. The number of hydrogen-bond acceptors (Lipinski definition) is 2. The van der Waals surface area contributed by atoms with E-state index >= 15 is 0 Å². The Hall–Kier alpha value is -0.370. The molecule has 0 heterocycles. The second kappa shape index (κ2) is 5.11. The Morgan fingerprint density at radius 1 is 1.27 bits per heavy atom. The fourth-order valence-electron chi connectivity index (χ4n) is 2.67. The molecule has 1 atom stereocenters. The van der Waals surface area contributed by atoms with Crippen molar-refractivity contribution in [1.29, 1.82) is 0 Å². The van der Waals surface area contributed by atoms with E-state index in [-0.39, 0.29) is 11.7 Å². The molecule has 0 saturated heterocycles. The highest BCUT2D eigenvalue weighted by Crippen LogP contribution is 2.35. The third kappa shape index (κ3) is 3.60. The van der Waals surface area contributed by atoms with Crippen molar-refractivity contribution in [2.75, 3.05) is 0 Å². The van der Waals surface area contributed by atoms with Crippen LogP contribution in [0.2, 0.25) is 0 Å². The van der Waals surface area contributed by atoms with Gasteiger partial charge in [-0.1, -0.05) is 33.1 Å². The van der Waals surface area contributed by atoms with Gasteiger partial charge in [0.05, 0.1) is 5.60 Å². The Bertz CT molecular complexity index is 215. The van der Waals surface area contributed by atoms with Crippen LogP contribution in [-0.2, 0) is 4.79 Å². The van der Waals surface area contributed by atoms with E-state index in [0.717, 1.165) is 25.7 Å². The Morgan fingerprint density at radius 2 is 1.80 bits per heavy atom. The molecule has 2 heteroatoms. The number of carbonyl (C=O) groups excluding carboxylic acids is 1. The second-order valence-electron chi connectivity index (χ2n) is 5.45. The first kappa shape index (κ1) is 12.7. The van der Waals surface area contributed by atoms with E-state index < -0.39 is 5.60 Å². The van der Waals surface area contributed by atoms with E-state index in [0.29, 0.717) is 12.3 Å². The van der Waals surface area contributed by atoms with Gasteiger partial charge in [0.15, 0.2) is 0 Å². The van der Waals surface area contributed by atoms with Crippen LogP contribution in [0.25, 0.3) is 0 Å². The quantitative estimate of drug-likeness (QED) is 0.778. The van der Waals surface area contributed by atoms with Gasteiger partial charge >= 0.3 is 0 Å². The molecule has 1 aliphatic carbocycles. The Labute approximate surface area is 93.1 Å². The van der Waals surface area contributed by atoms with Crippen LogP contribution in [0.3, 0.4) is 0 Å². The highest BCUT2D eigenvalue weighted by Gasteiger charge is 2.34. The third-order valence-electron chi connectivity index (χ3n) is 3.71. The van der Waals surface area contributed by atoms with Crippen LogP contribution in [0.15, 0.2) is 0 Å². The summed E-state index contributed by atoms with van der Waals surface area (Å²) in [6, 6.07) is 0. The second-order valence-corrected chi connectivity index (χ2v) is 5.45. The first-order valence-electron chi connectivity index (χ1n) is 6.17. The number of Topliss-reactive ketones (excluding diaryl/α,β-unsaturated/α-hetero) is 1. The van der Waals surface area contributed by atoms with Crippen LogP contribution in [-0.4, -0.2) is 16.5 Å². The van der Waals surface area contributed by atoms with Crippen LogP contribution in [0.5, 0.6) is 0 Å². The average Bonchev–Trinajstić information content (AvgIpc) is 2.14. The molecule has 15 heavy (non-hydrogen) atoms.